The summed E-state index contributed by atoms with van der Waals surface area (Å²) in [4.78, 5) is 2.56. The van der Waals surface area contributed by atoms with E-state index in [0.717, 1.165) is 13.1 Å². The third-order valence-electron chi connectivity index (χ3n) is 4.75. The molecular formula is C18H30N2. The van der Waals surface area contributed by atoms with E-state index in [1.807, 2.05) is 0 Å². The summed E-state index contributed by atoms with van der Waals surface area (Å²) in [6.07, 6.45) is 8.38. The summed E-state index contributed by atoms with van der Waals surface area (Å²) in [6.45, 7) is 5.71. The zero-order valence-electron chi connectivity index (χ0n) is 13.2. The smallest absolute Gasteiger partial charge is 0.0366 e. The Bertz CT molecular complexity index is 366. The molecule has 0 aromatic heterocycles. The lowest BCUT2D eigenvalue weighted by molar-refractivity contribution is 0.243. The highest BCUT2D eigenvalue weighted by molar-refractivity contribution is 5.46. The average Bonchev–Trinajstić information content (AvgIpc) is 2.72. The van der Waals surface area contributed by atoms with Gasteiger partial charge in [-0.2, -0.15) is 0 Å². The molecule has 1 saturated carbocycles. The normalized spacial score (nSPS) is 18.5. The maximum Gasteiger partial charge on any atom is 0.0366 e. The van der Waals surface area contributed by atoms with Gasteiger partial charge in [-0.15, -0.1) is 0 Å². The number of para-hydroxylation sites is 1. The summed E-state index contributed by atoms with van der Waals surface area (Å²) in [5, 5.41) is 3.46. The van der Waals surface area contributed by atoms with Gasteiger partial charge in [0, 0.05) is 30.7 Å². The number of benzene rings is 1. The first-order valence-electron chi connectivity index (χ1n) is 8.24. The van der Waals surface area contributed by atoms with Crippen molar-refractivity contribution in [2.24, 2.45) is 5.41 Å². The van der Waals surface area contributed by atoms with Crippen LogP contribution in [0.3, 0.4) is 0 Å². The molecule has 0 radical (unpaired) electrons. The van der Waals surface area contributed by atoms with Crippen LogP contribution in [0.4, 0.5) is 5.69 Å². The molecule has 0 atom stereocenters. The minimum absolute atomic E-state index is 0.455. The summed E-state index contributed by atoms with van der Waals surface area (Å²) < 4.78 is 0. The molecule has 2 nitrogen and oxygen atoms in total. The fourth-order valence-corrected chi connectivity index (χ4v) is 3.67. The summed E-state index contributed by atoms with van der Waals surface area (Å²) >= 11 is 0. The predicted molar refractivity (Wildman–Crippen MR) is 88.4 cm³/mol. The van der Waals surface area contributed by atoms with E-state index >= 15 is 0 Å². The molecule has 1 aromatic carbocycles. The Morgan fingerprint density at radius 2 is 1.70 bits per heavy atom. The van der Waals surface area contributed by atoms with Crippen LogP contribution in [0.25, 0.3) is 0 Å². The molecule has 2 heteroatoms. The summed E-state index contributed by atoms with van der Waals surface area (Å²) in [7, 11) is 2.10. The lowest BCUT2D eigenvalue weighted by atomic mass is 9.79. The molecule has 1 aromatic rings. The van der Waals surface area contributed by atoms with Gasteiger partial charge in [-0.1, -0.05) is 43.9 Å². The third kappa shape index (κ3) is 3.99. The second-order valence-electron chi connectivity index (χ2n) is 6.29. The summed E-state index contributed by atoms with van der Waals surface area (Å²) in [6, 6.07) is 10.9. The Balaban J connectivity index is 2.12. The average molecular weight is 274 g/mol. The van der Waals surface area contributed by atoms with Crippen LogP contribution >= 0.6 is 0 Å². The molecule has 1 aliphatic carbocycles. The van der Waals surface area contributed by atoms with Gasteiger partial charge < -0.3 is 10.2 Å². The van der Waals surface area contributed by atoms with Crippen molar-refractivity contribution < 1.29 is 0 Å². The van der Waals surface area contributed by atoms with Crippen molar-refractivity contribution in [1.29, 1.82) is 0 Å². The van der Waals surface area contributed by atoms with Crippen molar-refractivity contribution in [2.75, 3.05) is 31.6 Å². The molecule has 0 saturated heterocycles. The van der Waals surface area contributed by atoms with Crippen molar-refractivity contribution in [2.45, 2.75) is 45.4 Å². The first kappa shape index (κ1) is 15.4. The molecule has 0 spiro atoms. The number of anilines is 1. The van der Waals surface area contributed by atoms with E-state index in [1.165, 1.54) is 50.8 Å². The highest BCUT2D eigenvalue weighted by atomic mass is 15.1. The number of rotatable bonds is 6. The fraction of sp³-hybridized carbons (Fsp3) is 0.667. The highest BCUT2D eigenvalue weighted by Crippen LogP contribution is 2.36. The Morgan fingerprint density at radius 3 is 2.25 bits per heavy atom. The van der Waals surface area contributed by atoms with Crippen molar-refractivity contribution in [3.8, 4) is 0 Å². The highest BCUT2D eigenvalue weighted by Gasteiger charge is 2.32. The van der Waals surface area contributed by atoms with Crippen LogP contribution in [-0.4, -0.2) is 26.7 Å². The molecule has 1 aliphatic rings. The molecule has 0 aliphatic heterocycles. The second-order valence-corrected chi connectivity index (χ2v) is 6.29. The molecule has 0 bridgehead atoms. The molecule has 1 fully saturated rings. The van der Waals surface area contributed by atoms with Crippen molar-refractivity contribution in [3.05, 3.63) is 30.3 Å². The van der Waals surface area contributed by atoms with Crippen molar-refractivity contribution >= 4 is 5.69 Å². The lowest BCUT2D eigenvalue weighted by Crippen LogP contribution is -2.43. The maximum absolute atomic E-state index is 3.46. The molecule has 1 N–H and O–H groups in total. The van der Waals surface area contributed by atoms with Crippen molar-refractivity contribution in [3.63, 3.8) is 0 Å². The molecular weight excluding hydrogens is 244 g/mol. The zero-order chi connectivity index (χ0) is 14.3. The van der Waals surface area contributed by atoms with Crippen LogP contribution in [-0.2, 0) is 0 Å². The molecule has 112 valence electrons. The van der Waals surface area contributed by atoms with Gasteiger partial charge in [-0.05, 0) is 38.9 Å². The molecule has 2 rings (SSSR count). The number of hydrogen-bond acceptors (Lipinski definition) is 2. The molecule has 0 heterocycles. The van der Waals surface area contributed by atoms with Crippen molar-refractivity contribution in [1.82, 2.24) is 5.32 Å². The van der Waals surface area contributed by atoms with Gasteiger partial charge in [-0.25, -0.2) is 0 Å². The summed E-state index contributed by atoms with van der Waals surface area (Å²) in [5.41, 5.74) is 1.83. The predicted octanol–water partition coefficient (Wildman–Crippen LogP) is 4.07. The first-order valence-corrected chi connectivity index (χ1v) is 8.24. The molecule has 0 amide bonds. The maximum atomic E-state index is 3.46. The van der Waals surface area contributed by atoms with E-state index in [4.69, 9.17) is 0 Å². The Morgan fingerprint density at radius 1 is 1.05 bits per heavy atom. The SMILES string of the molecule is CCN(CC1(CNC)CCCCCC1)c1ccccc1. The largest absolute Gasteiger partial charge is 0.371 e. The van der Waals surface area contributed by atoms with Crippen LogP contribution in [0.1, 0.15) is 45.4 Å². The van der Waals surface area contributed by atoms with E-state index in [-0.39, 0.29) is 0 Å². The standard InChI is InChI=1S/C18H30N2/c1-3-20(17-11-7-6-8-12-17)16-18(15-19-2)13-9-4-5-10-14-18/h6-8,11-12,19H,3-5,9-10,13-16H2,1-2H3. The Kier molecular flexibility index (Phi) is 5.90. The van der Waals surface area contributed by atoms with E-state index in [2.05, 4.69) is 54.5 Å². The topological polar surface area (TPSA) is 15.3 Å². The third-order valence-corrected chi connectivity index (χ3v) is 4.75. The van der Waals surface area contributed by atoms with Crippen LogP contribution in [0.5, 0.6) is 0 Å². The van der Waals surface area contributed by atoms with Crippen LogP contribution in [0, 0.1) is 5.41 Å². The molecule has 20 heavy (non-hydrogen) atoms. The Hall–Kier alpha value is -1.02. The zero-order valence-corrected chi connectivity index (χ0v) is 13.2. The van der Waals surface area contributed by atoms with Crippen LogP contribution in [0.15, 0.2) is 30.3 Å². The van der Waals surface area contributed by atoms with E-state index in [9.17, 15) is 0 Å². The van der Waals surface area contributed by atoms with E-state index < -0.39 is 0 Å². The molecule has 0 unspecified atom stereocenters. The van der Waals surface area contributed by atoms with Crippen LogP contribution < -0.4 is 10.2 Å². The second kappa shape index (κ2) is 7.68. The monoisotopic (exact) mass is 274 g/mol. The van der Waals surface area contributed by atoms with E-state index in [0.29, 0.717) is 5.41 Å². The van der Waals surface area contributed by atoms with Gasteiger partial charge >= 0.3 is 0 Å². The fourth-order valence-electron chi connectivity index (χ4n) is 3.67. The van der Waals surface area contributed by atoms with Gasteiger partial charge in [0.05, 0.1) is 0 Å². The minimum Gasteiger partial charge on any atom is -0.371 e. The first-order chi connectivity index (χ1) is 9.79. The van der Waals surface area contributed by atoms with E-state index in [1.54, 1.807) is 0 Å². The number of hydrogen-bond donors (Lipinski definition) is 1. The lowest BCUT2D eigenvalue weighted by Gasteiger charge is -2.39. The Labute approximate surface area is 124 Å². The van der Waals surface area contributed by atoms with Gasteiger partial charge in [-0.3, -0.25) is 0 Å². The summed E-state index contributed by atoms with van der Waals surface area (Å²) in [5.74, 6) is 0. The van der Waals surface area contributed by atoms with Gasteiger partial charge in [0.15, 0.2) is 0 Å². The van der Waals surface area contributed by atoms with Gasteiger partial charge in [0.2, 0.25) is 0 Å². The van der Waals surface area contributed by atoms with Crippen LogP contribution in [0.2, 0.25) is 0 Å². The van der Waals surface area contributed by atoms with Gasteiger partial charge in [0.25, 0.3) is 0 Å². The minimum atomic E-state index is 0.455. The van der Waals surface area contributed by atoms with Gasteiger partial charge in [0.1, 0.15) is 0 Å². The number of nitrogens with one attached hydrogen (secondary N) is 1. The quantitative estimate of drug-likeness (QED) is 0.787. The number of nitrogens with zero attached hydrogens (tertiary/aromatic N) is 1.